The summed E-state index contributed by atoms with van der Waals surface area (Å²) in [6.45, 7) is 2.38. The predicted octanol–water partition coefficient (Wildman–Crippen LogP) is 1.96. The first kappa shape index (κ1) is 14.3. The smallest absolute Gasteiger partial charge is 0.307 e. The van der Waals surface area contributed by atoms with Gasteiger partial charge in [0, 0.05) is 0 Å². The molecule has 0 fully saturated rings. The van der Waals surface area contributed by atoms with Crippen molar-refractivity contribution in [1.82, 2.24) is 9.78 Å². The molecule has 2 aromatic rings. The van der Waals surface area contributed by atoms with Gasteiger partial charge in [-0.05, 0) is 18.4 Å². The van der Waals surface area contributed by atoms with Gasteiger partial charge in [0.15, 0.2) is 6.29 Å². The highest BCUT2D eigenvalue weighted by Crippen LogP contribution is 2.29. The summed E-state index contributed by atoms with van der Waals surface area (Å²) < 4.78 is 6.32. The maximum atomic E-state index is 11.3. The maximum absolute atomic E-state index is 11.3. The minimum Gasteiger partial charge on any atom is -0.466 e. The molecule has 0 atom stereocenters. The van der Waals surface area contributed by atoms with Crippen molar-refractivity contribution in [3.8, 4) is 10.6 Å². The molecule has 0 unspecified atom stereocenters. The van der Waals surface area contributed by atoms with E-state index in [0.717, 1.165) is 4.88 Å². The third-order valence-electron chi connectivity index (χ3n) is 2.74. The number of nitrogen functional groups attached to an aromatic ring is 1. The van der Waals surface area contributed by atoms with E-state index in [-0.39, 0.29) is 24.8 Å². The van der Waals surface area contributed by atoms with Crippen LogP contribution in [-0.4, -0.2) is 28.6 Å². The Kier molecular flexibility index (Phi) is 4.52. The summed E-state index contributed by atoms with van der Waals surface area (Å²) in [7, 11) is 0. The van der Waals surface area contributed by atoms with E-state index in [0.29, 0.717) is 24.2 Å². The van der Waals surface area contributed by atoms with Gasteiger partial charge in [-0.25, -0.2) is 4.68 Å². The van der Waals surface area contributed by atoms with Crippen LogP contribution in [-0.2, 0) is 16.1 Å². The Balaban J connectivity index is 2.23. The van der Waals surface area contributed by atoms with E-state index in [1.807, 2.05) is 17.5 Å². The number of nitrogens with two attached hydrogens (primary N) is 1. The van der Waals surface area contributed by atoms with Gasteiger partial charge < -0.3 is 10.5 Å². The van der Waals surface area contributed by atoms with E-state index in [1.165, 1.54) is 16.0 Å². The van der Waals surface area contributed by atoms with E-state index in [1.54, 1.807) is 6.92 Å². The molecule has 0 aliphatic rings. The van der Waals surface area contributed by atoms with Crippen LogP contribution in [0.2, 0.25) is 0 Å². The lowest BCUT2D eigenvalue weighted by Gasteiger charge is -2.03. The van der Waals surface area contributed by atoms with Crippen molar-refractivity contribution in [1.29, 1.82) is 0 Å². The van der Waals surface area contributed by atoms with Gasteiger partial charge in [-0.3, -0.25) is 9.59 Å². The van der Waals surface area contributed by atoms with Crippen molar-refractivity contribution in [3.63, 3.8) is 0 Å². The number of hydrogen-bond acceptors (Lipinski definition) is 6. The predicted molar refractivity (Wildman–Crippen MR) is 76.6 cm³/mol. The van der Waals surface area contributed by atoms with Crippen LogP contribution >= 0.6 is 11.3 Å². The van der Waals surface area contributed by atoms with Crippen molar-refractivity contribution in [2.45, 2.75) is 19.9 Å². The van der Waals surface area contributed by atoms with Gasteiger partial charge >= 0.3 is 5.97 Å². The second-order valence-corrected chi connectivity index (χ2v) is 4.97. The third-order valence-corrected chi connectivity index (χ3v) is 3.61. The number of rotatable bonds is 6. The molecule has 0 bridgehead atoms. The highest BCUT2D eigenvalue weighted by molar-refractivity contribution is 7.13. The quantitative estimate of drug-likeness (QED) is 0.650. The molecule has 20 heavy (non-hydrogen) atoms. The Labute approximate surface area is 120 Å². The molecular weight excluding hydrogens is 278 g/mol. The first-order valence-electron chi connectivity index (χ1n) is 6.18. The van der Waals surface area contributed by atoms with Crippen molar-refractivity contribution in [2.24, 2.45) is 0 Å². The normalized spacial score (nSPS) is 10.4. The monoisotopic (exact) mass is 293 g/mol. The van der Waals surface area contributed by atoms with Gasteiger partial charge in [-0.15, -0.1) is 11.3 Å². The second-order valence-electron chi connectivity index (χ2n) is 4.02. The fourth-order valence-corrected chi connectivity index (χ4v) is 2.52. The number of carbonyl (C=O) groups excluding carboxylic acids is 2. The molecule has 0 amide bonds. The molecule has 0 aliphatic heterocycles. The molecule has 2 N–H and O–H groups in total. The zero-order chi connectivity index (χ0) is 14.5. The van der Waals surface area contributed by atoms with Crippen molar-refractivity contribution in [3.05, 3.63) is 23.1 Å². The van der Waals surface area contributed by atoms with Crippen LogP contribution in [0.15, 0.2) is 17.5 Å². The van der Waals surface area contributed by atoms with Crippen molar-refractivity contribution < 1.29 is 14.3 Å². The summed E-state index contributed by atoms with van der Waals surface area (Å²) in [5.41, 5.74) is 6.81. The van der Waals surface area contributed by atoms with E-state index >= 15 is 0 Å². The van der Waals surface area contributed by atoms with E-state index in [4.69, 9.17) is 10.5 Å². The molecule has 7 heteroatoms. The van der Waals surface area contributed by atoms with E-state index in [9.17, 15) is 9.59 Å². The number of aryl methyl sites for hydroxylation is 1. The van der Waals surface area contributed by atoms with Crippen LogP contribution in [0.3, 0.4) is 0 Å². The summed E-state index contributed by atoms with van der Waals surface area (Å²) in [5, 5.41) is 6.22. The highest BCUT2D eigenvalue weighted by Gasteiger charge is 2.17. The zero-order valence-corrected chi connectivity index (χ0v) is 11.9. The van der Waals surface area contributed by atoms with Gasteiger partial charge in [0.1, 0.15) is 11.5 Å². The largest absolute Gasteiger partial charge is 0.466 e. The molecule has 0 spiro atoms. The number of aldehydes is 1. The molecule has 6 nitrogen and oxygen atoms in total. The van der Waals surface area contributed by atoms with Gasteiger partial charge in [-0.1, -0.05) is 6.07 Å². The number of ether oxygens (including phenoxy) is 1. The summed E-state index contributed by atoms with van der Waals surface area (Å²) in [6, 6.07) is 3.75. The number of esters is 1. The van der Waals surface area contributed by atoms with Crippen molar-refractivity contribution >= 4 is 29.4 Å². The first-order valence-corrected chi connectivity index (χ1v) is 7.06. The number of anilines is 1. The minimum atomic E-state index is -0.312. The number of carbonyl (C=O) groups is 2. The van der Waals surface area contributed by atoms with Crippen LogP contribution in [0.4, 0.5) is 5.82 Å². The number of aromatic nitrogens is 2. The van der Waals surface area contributed by atoms with Crippen LogP contribution in [0.25, 0.3) is 10.6 Å². The topological polar surface area (TPSA) is 87.2 Å². The standard InChI is InChI=1S/C13H15N3O3S/c1-2-19-11(18)5-6-16-13(14)9(8-17)12(15-16)10-4-3-7-20-10/h3-4,7-8H,2,5-6,14H2,1H3. The molecule has 0 saturated carbocycles. The molecular formula is C13H15N3O3S. The van der Waals surface area contributed by atoms with Gasteiger partial charge in [0.05, 0.1) is 30.0 Å². The molecule has 2 aromatic heterocycles. The van der Waals surface area contributed by atoms with Crippen LogP contribution < -0.4 is 5.73 Å². The maximum Gasteiger partial charge on any atom is 0.307 e. The Morgan fingerprint density at radius 1 is 1.60 bits per heavy atom. The lowest BCUT2D eigenvalue weighted by Crippen LogP contribution is -2.11. The lowest BCUT2D eigenvalue weighted by atomic mass is 10.2. The molecule has 0 saturated heterocycles. The van der Waals surface area contributed by atoms with Gasteiger partial charge in [0.25, 0.3) is 0 Å². The average Bonchev–Trinajstić information content (AvgIpc) is 3.04. The number of hydrogen-bond donors (Lipinski definition) is 1. The fourth-order valence-electron chi connectivity index (χ4n) is 1.80. The van der Waals surface area contributed by atoms with E-state index < -0.39 is 0 Å². The Bertz CT molecular complexity index is 605. The fraction of sp³-hybridized carbons (Fsp3) is 0.308. The summed E-state index contributed by atoms with van der Waals surface area (Å²) in [4.78, 5) is 23.4. The SMILES string of the molecule is CCOC(=O)CCn1nc(-c2cccs2)c(C=O)c1N. The molecule has 2 rings (SSSR count). The summed E-state index contributed by atoms with van der Waals surface area (Å²) >= 11 is 1.48. The Morgan fingerprint density at radius 2 is 2.40 bits per heavy atom. The molecule has 106 valence electrons. The van der Waals surface area contributed by atoms with Crippen molar-refractivity contribution in [2.75, 3.05) is 12.3 Å². The number of thiophene rings is 1. The Morgan fingerprint density at radius 3 is 3.00 bits per heavy atom. The summed E-state index contributed by atoms with van der Waals surface area (Å²) in [5.74, 6) is -0.0413. The number of nitrogens with zero attached hydrogens (tertiary/aromatic N) is 2. The molecule has 2 heterocycles. The minimum absolute atomic E-state index is 0.169. The van der Waals surface area contributed by atoms with Crippen LogP contribution in [0, 0.1) is 0 Å². The molecule has 0 aromatic carbocycles. The summed E-state index contributed by atoms with van der Waals surface area (Å²) in [6.07, 6.45) is 0.861. The van der Waals surface area contributed by atoms with Crippen LogP contribution in [0.5, 0.6) is 0 Å². The molecule has 0 radical (unpaired) electrons. The van der Waals surface area contributed by atoms with Gasteiger partial charge in [0.2, 0.25) is 0 Å². The highest BCUT2D eigenvalue weighted by atomic mass is 32.1. The average molecular weight is 293 g/mol. The van der Waals surface area contributed by atoms with E-state index in [2.05, 4.69) is 5.10 Å². The first-order chi connectivity index (χ1) is 9.67. The Hall–Kier alpha value is -2.15. The third kappa shape index (κ3) is 2.88. The van der Waals surface area contributed by atoms with Crippen LogP contribution in [0.1, 0.15) is 23.7 Å². The zero-order valence-electron chi connectivity index (χ0n) is 11.0. The van der Waals surface area contributed by atoms with Gasteiger partial charge in [-0.2, -0.15) is 5.10 Å². The molecule has 0 aliphatic carbocycles. The second kappa shape index (κ2) is 6.33. The lowest BCUT2D eigenvalue weighted by molar-refractivity contribution is -0.143.